The first kappa shape index (κ1) is 12.3. The second-order valence-electron chi connectivity index (χ2n) is 3.94. The topological polar surface area (TPSA) is 38.0 Å². The van der Waals surface area contributed by atoms with Crippen LogP contribution in [0.3, 0.4) is 0 Å². The zero-order chi connectivity index (χ0) is 13.3. The minimum atomic E-state index is -1.51. The molecule has 94 valence electrons. The van der Waals surface area contributed by atoms with Crippen molar-refractivity contribution in [1.82, 2.24) is 0 Å². The molecule has 0 radical (unpaired) electrons. The van der Waals surface area contributed by atoms with Gasteiger partial charge in [-0.1, -0.05) is 6.07 Å². The SMILES string of the molecule is Cc1ccc(N)c(Nc2ccc(F)c(F)c2F)c1. The molecule has 0 atom stereocenters. The molecule has 0 unspecified atom stereocenters. The Labute approximate surface area is 102 Å². The highest BCUT2D eigenvalue weighted by molar-refractivity contribution is 5.73. The zero-order valence-electron chi connectivity index (χ0n) is 9.60. The molecule has 0 saturated carbocycles. The molecule has 0 aromatic heterocycles. The highest BCUT2D eigenvalue weighted by Gasteiger charge is 2.14. The minimum absolute atomic E-state index is 0.161. The van der Waals surface area contributed by atoms with Crippen molar-refractivity contribution in [3.05, 3.63) is 53.3 Å². The number of rotatable bonds is 2. The van der Waals surface area contributed by atoms with Crippen molar-refractivity contribution in [2.75, 3.05) is 11.1 Å². The zero-order valence-corrected chi connectivity index (χ0v) is 9.60. The van der Waals surface area contributed by atoms with E-state index in [0.717, 1.165) is 17.7 Å². The van der Waals surface area contributed by atoms with Crippen LogP contribution in [-0.4, -0.2) is 0 Å². The molecule has 2 aromatic rings. The quantitative estimate of drug-likeness (QED) is 0.631. The third-order valence-electron chi connectivity index (χ3n) is 2.51. The molecule has 0 aliphatic heterocycles. The fourth-order valence-electron chi connectivity index (χ4n) is 1.55. The predicted octanol–water partition coefficient (Wildman–Crippen LogP) is 3.74. The van der Waals surface area contributed by atoms with E-state index in [-0.39, 0.29) is 5.69 Å². The Morgan fingerprint density at radius 2 is 1.67 bits per heavy atom. The summed E-state index contributed by atoms with van der Waals surface area (Å²) in [6.45, 7) is 1.84. The Bertz CT molecular complexity index is 597. The summed E-state index contributed by atoms with van der Waals surface area (Å²) in [5.74, 6) is -4.00. The van der Waals surface area contributed by atoms with E-state index < -0.39 is 17.5 Å². The van der Waals surface area contributed by atoms with E-state index in [1.165, 1.54) is 0 Å². The molecule has 0 aliphatic carbocycles. The minimum Gasteiger partial charge on any atom is -0.397 e. The summed E-state index contributed by atoms with van der Waals surface area (Å²) in [6.07, 6.45) is 0. The molecule has 2 aromatic carbocycles. The van der Waals surface area contributed by atoms with Crippen LogP contribution in [0.4, 0.5) is 30.2 Å². The van der Waals surface area contributed by atoms with Crippen LogP contribution in [0.5, 0.6) is 0 Å². The van der Waals surface area contributed by atoms with E-state index in [0.29, 0.717) is 11.4 Å². The summed E-state index contributed by atoms with van der Waals surface area (Å²) < 4.78 is 39.3. The molecule has 0 amide bonds. The van der Waals surface area contributed by atoms with E-state index in [9.17, 15) is 13.2 Å². The number of aryl methyl sites for hydroxylation is 1. The van der Waals surface area contributed by atoms with Gasteiger partial charge in [-0.15, -0.1) is 0 Å². The smallest absolute Gasteiger partial charge is 0.196 e. The normalized spacial score (nSPS) is 10.4. The fourth-order valence-corrected chi connectivity index (χ4v) is 1.55. The second-order valence-corrected chi connectivity index (χ2v) is 3.94. The fraction of sp³-hybridized carbons (Fsp3) is 0.0769. The summed E-state index contributed by atoms with van der Waals surface area (Å²) in [7, 11) is 0. The summed E-state index contributed by atoms with van der Waals surface area (Å²) in [5.41, 5.74) is 7.29. The van der Waals surface area contributed by atoms with Crippen molar-refractivity contribution < 1.29 is 13.2 Å². The van der Waals surface area contributed by atoms with Crippen LogP contribution in [0.2, 0.25) is 0 Å². The molecule has 0 heterocycles. The predicted molar refractivity (Wildman–Crippen MR) is 65.2 cm³/mol. The van der Waals surface area contributed by atoms with Gasteiger partial charge in [-0.25, -0.2) is 13.2 Å². The van der Waals surface area contributed by atoms with Crippen LogP contribution in [0.1, 0.15) is 5.56 Å². The lowest BCUT2D eigenvalue weighted by atomic mass is 10.2. The highest BCUT2D eigenvalue weighted by atomic mass is 19.2. The van der Waals surface area contributed by atoms with Crippen molar-refractivity contribution in [2.45, 2.75) is 6.92 Å². The average molecular weight is 252 g/mol. The van der Waals surface area contributed by atoms with E-state index in [2.05, 4.69) is 5.32 Å². The first-order chi connectivity index (χ1) is 8.49. The molecule has 0 fully saturated rings. The van der Waals surface area contributed by atoms with E-state index >= 15 is 0 Å². The Morgan fingerprint density at radius 1 is 0.944 bits per heavy atom. The lowest BCUT2D eigenvalue weighted by Crippen LogP contribution is -2.01. The molecule has 18 heavy (non-hydrogen) atoms. The molecule has 0 bridgehead atoms. The Morgan fingerprint density at radius 3 is 2.39 bits per heavy atom. The van der Waals surface area contributed by atoms with Gasteiger partial charge in [-0.3, -0.25) is 0 Å². The molecule has 0 spiro atoms. The van der Waals surface area contributed by atoms with Crippen LogP contribution in [-0.2, 0) is 0 Å². The number of hydrogen-bond acceptors (Lipinski definition) is 2. The van der Waals surface area contributed by atoms with Gasteiger partial charge in [0.25, 0.3) is 0 Å². The Hall–Kier alpha value is -2.17. The van der Waals surface area contributed by atoms with Crippen LogP contribution in [0, 0.1) is 24.4 Å². The number of halogens is 3. The third kappa shape index (κ3) is 2.25. The largest absolute Gasteiger partial charge is 0.397 e. The van der Waals surface area contributed by atoms with Crippen molar-refractivity contribution in [3.63, 3.8) is 0 Å². The number of hydrogen-bond donors (Lipinski definition) is 2. The van der Waals surface area contributed by atoms with Gasteiger partial charge in [0.1, 0.15) is 0 Å². The monoisotopic (exact) mass is 252 g/mol. The number of anilines is 3. The van der Waals surface area contributed by atoms with Crippen molar-refractivity contribution in [1.29, 1.82) is 0 Å². The highest BCUT2D eigenvalue weighted by Crippen LogP contribution is 2.27. The third-order valence-corrected chi connectivity index (χ3v) is 2.51. The van der Waals surface area contributed by atoms with Gasteiger partial charge in [-0.05, 0) is 36.8 Å². The lowest BCUT2D eigenvalue weighted by Gasteiger charge is -2.11. The molecule has 5 heteroatoms. The average Bonchev–Trinajstić information content (AvgIpc) is 2.34. The summed E-state index contributed by atoms with van der Waals surface area (Å²) >= 11 is 0. The van der Waals surface area contributed by atoms with Gasteiger partial charge in [0.05, 0.1) is 17.1 Å². The molecular formula is C13H11F3N2. The van der Waals surface area contributed by atoms with Gasteiger partial charge in [0, 0.05) is 0 Å². The first-order valence-electron chi connectivity index (χ1n) is 5.25. The van der Waals surface area contributed by atoms with Gasteiger partial charge < -0.3 is 11.1 Å². The summed E-state index contributed by atoms with van der Waals surface area (Å²) in [4.78, 5) is 0. The number of nitrogens with two attached hydrogens (primary N) is 1. The molecular weight excluding hydrogens is 241 g/mol. The van der Waals surface area contributed by atoms with Crippen LogP contribution >= 0.6 is 0 Å². The van der Waals surface area contributed by atoms with E-state index in [4.69, 9.17) is 5.73 Å². The Kier molecular flexibility index (Phi) is 3.14. The molecule has 2 nitrogen and oxygen atoms in total. The van der Waals surface area contributed by atoms with E-state index in [1.807, 2.05) is 6.92 Å². The van der Waals surface area contributed by atoms with Crippen molar-refractivity contribution in [2.24, 2.45) is 0 Å². The molecule has 3 N–H and O–H groups in total. The maximum Gasteiger partial charge on any atom is 0.196 e. The van der Waals surface area contributed by atoms with Gasteiger partial charge in [0.2, 0.25) is 0 Å². The van der Waals surface area contributed by atoms with Crippen LogP contribution in [0.25, 0.3) is 0 Å². The van der Waals surface area contributed by atoms with Crippen molar-refractivity contribution in [3.8, 4) is 0 Å². The summed E-state index contributed by atoms with van der Waals surface area (Å²) in [6, 6.07) is 7.11. The maximum absolute atomic E-state index is 13.5. The van der Waals surface area contributed by atoms with Gasteiger partial charge in [0.15, 0.2) is 17.5 Å². The standard InChI is InChI=1S/C13H11F3N2/c1-7-2-4-9(17)11(6-7)18-10-5-3-8(14)12(15)13(10)16/h2-6,18H,17H2,1H3. The number of nitrogen functional groups attached to an aromatic ring is 1. The van der Waals surface area contributed by atoms with Crippen LogP contribution < -0.4 is 11.1 Å². The van der Waals surface area contributed by atoms with Crippen LogP contribution in [0.15, 0.2) is 30.3 Å². The van der Waals surface area contributed by atoms with Gasteiger partial charge in [-0.2, -0.15) is 0 Å². The van der Waals surface area contributed by atoms with E-state index in [1.54, 1.807) is 18.2 Å². The summed E-state index contributed by atoms with van der Waals surface area (Å²) in [5, 5.41) is 2.64. The van der Waals surface area contributed by atoms with Crippen molar-refractivity contribution >= 4 is 17.1 Å². The first-order valence-corrected chi connectivity index (χ1v) is 5.25. The molecule has 0 saturated heterocycles. The lowest BCUT2D eigenvalue weighted by molar-refractivity contribution is 0.449. The maximum atomic E-state index is 13.5. The number of benzene rings is 2. The molecule has 2 rings (SSSR count). The molecule has 0 aliphatic rings. The Balaban J connectivity index is 2.40. The van der Waals surface area contributed by atoms with Gasteiger partial charge >= 0.3 is 0 Å². The second kappa shape index (κ2) is 4.60. The number of nitrogens with one attached hydrogen (secondary N) is 1.